The van der Waals surface area contributed by atoms with Gasteiger partial charge in [0.1, 0.15) is 5.69 Å². The molecule has 0 aliphatic rings. The summed E-state index contributed by atoms with van der Waals surface area (Å²) in [4.78, 5) is 12.3. The second kappa shape index (κ2) is 4.70. The smallest absolute Gasteiger partial charge is 0.213 e. The fraction of sp³-hybridized carbons (Fsp3) is 0.182. The molecule has 17 heavy (non-hydrogen) atoms. The highest BCUT2D eigenvalue weighted by Crippen LogP contribution is 2.21. The van der Waals surface area contributed by atoms with E-state index in [2.05, 4.69) is 42.2 Å². The SMILES string of the molecule is Cc1ccc(C(=O)c2c(Br)nnn2C)cc1Br. The van der Waals surface area contributed by atoms with Crippen LogP contribution in [0.2, 0.25) is 0 Å². The number of aromatic nitrogens is 3. The van der Waals surface area contributed by atoms with Crippen LogP contribution in [-0.2, 0) is 7.05 Å². The van der Waals surface area contributed by atoms with Gasteiger partial charge in [-0.2, -0.15) is 0 Å². The van der Waals surface area contributed by atoms with Crippen molar-refractivity contribution in [1.82, 2.24) is 15.0 Å². The molecule has 0 saturated carbocycles. The molecule has 1 heterocycles. The first-order valence-electron chi connectivity index (χ1n) is 4.86. The number of rotatable bonds is 2. The van der Waals surface area contributed by atoms with Crippen LogP contribution in [-0.4, -0.2) is 20.8 Å². The predicted octanol–water partition coefficient (Wildman–Crippen LogP) is 2.88. The van der Waals surface area contributed by atoms with Crippen molar-refractivity contribution >= 4 is 37.6 Å². The topological polar surface area (TPSA) is 47.8 Å². The fourth-order valence-corrected chi connectivity index (χ4v) is 2.33. The van der Waals surface area contributed by atoms with Crippen LogP contribution in [0.3, 0.4) is 0 Å². The average molecular weight is 359 g/mol. The van der Waals surface area contributed by atoms with E-state index < -0.39 is 0 Å². The Kier molecular flexibility index (Phi) is 3.44. The number of carbonyl (C=O) groups excluding carboxylic acids is 1. The highest BCUT2D eigenvalue weighted by Gasteiger charge is 2.18. The van der Waals surface area contributed by atoms with Crippen molar-refractivity contribution in [2.75, 3.05) is 0 Å². The molecular weight excluding hydrogens is 350 g/mol. The van der Waals surface area contributed by atoms with E-state index in [1.807, 2.05) is 13.0 Å². The number of nitrogens with zero attached hydrogens (tertiary/aromatic N) is 3. The number of carbonyl (C=O) groups is 1. The minimum atomic E-state index is -0.106. The van der Waals surface area contributed by atoms with Crippen LogP contribution in [0.1, 0.15) is 21.6 Å². The molecule has 4 nitrogen and oxygen atoms in total. The maximum absolute atomic E-state index is 12.3. The second-order valence-electron chi connectivity index (χ2n) is 3.65. The molecule has 0 fully saturated rings. The van der Waals surface area contributed by atoms with E-state index in [1.54, 1.807) is 19.2 Å². The molecule has 0 N–H and O–H groups in total. The third-order valence-electron chi connectivity index (χ3n) is 2.43. The summed E-state index contributed by atoms with van der Waals surface area (Å²) < 4.78 is 2.83. The maximum atomic E-state index is 12.3. The highest BCUT2D eigenvalue weighted by molar-refractivity contribution is 9.10. The van der Waals surface area contributed by atoms with Crippen LogP contribution in [0, 0.1) is 6.92 Å². The first kappa shape index (κ1) is 12.4. The van der Waals surface area contributed by atoms with Crippen LogP contribution in [0.25, 0.3) is 0 Å². The van der Waals surface area contributed by atoms with E-state index in [9.17, 15) is 4.79 Å². The lowest BCUT2D eigenvalue weighted by atomic mass is 10.1. The molecule has 0 radical (unpaired) electrons. The summed E-state index contributed by atoms with van der Waals surface area (Å²) in [5.41, 5.74) is 2.14. The molecule has 0 aliphatic heterocycles. The van der Waals surface area contributed by atoms with Gasteiger partial charge in [0, 0.05) is 17.1 Å². The Bertz CT molecular complexity index is 573. The number of hydrogen-bond acceptors (Lipinski definition) is 3. The minimum absolute atomic E-state index is 0.106. The van der Waals surface area contributed by atoms with Crippen LogP contribution in [0.15, 0.2) is 27.3 Å². The van der Waals surface area contributed by atoms with Crippen molar-refractivity contribution < 1.29 is 4.79 Å². The monoisotopic (exact) mass is 357 g/mol. The summed E-state index contributed by atoms with van der Waals surface area (Å²) >= 11 is 6.63. The molecule has 0 aliphatic carbocycles. The van der Waals surface area contributed by atoms with Crippen molar-refractivity contribution in [2.45, 2.75) is 6.92 Å². The molecule has 1 aromatic carbocycles. The molecule has 2 rings (SSSR count). The third kappa shape index (κ3) is 2.32. The Balaban J connectivity index is 2.48. The lowest BCUT2D eigenvalue weighted by molar-refractivity contribution is 0.102. The molecule has 88 valence electrons. The normalized spacial score (nSPS) is 10.6. The van der Waals surface area contributed by atoms with Crippen molar-refractivity contribution in [1.29, 1.82) is 0 Å². The number of halogens is 2. The van der Waals surface area contributed by atoms with Crippen molar-refractivity contribution in [3.8, 4) is 0 Å². The van der Waals surface area contributed by atoms with Gasteiger partial charge in [0.25, 0.3) is 0 Å². The van der Waals surface area contributed by atoms with Crippen molar-refractivity contribution in [3.63, 3.8) is 0 Å². The van der Waals surface area contributed by atoms with Gasteiger partial charge in [-0.05, 0) is 34.5 Å². The number of benzene rings is 1. The maximum Gasteiger partial charge on any atom is 0.213 e. The van der Waals surface area contributed by atoms with Gasteiger partial charge in [-0.25, -0.2) is 4.68 Å². The van der Waals surface area contributed by atoms with Gasteiger partial charge in [0.05, 0.1) is 0 Å². The summed E-state index contributed by atoms with van der Waals surface area (Å²) in [5.74, 6) is -0.106. The van der Waals surface area contributed by atoms with Gasteiger partial charge < -0.3 is 0 Å². The summed E-state index contributed by atoms with van der Waals surface area (Å²) in [5, 5.41) is 7.59. The van der Waals surface area contributed by atoms with Crippen LogP contribution in [0.5, 0.6) is 0 Å². The average Bonchev–Trinajstić information content (AvgIpc) is 2.62. The zero-order valence-electron chi connectivity index (χ0n) is 9.24. The summed E-state index contributed by atoms with van der Waals surface area (Å²) in [6.45, 7) is 1.97. The van der Waals surface area contributed by atoms with E-state index in [-0.39, 0.29) is 5.78 Å². The zero-order valence-corrected chi connectivity index (χ0v) is 12.4. The van der Waals surface area contributed by atoms with E-state index in [0.29, 0.717) is 15.9 Å². The molecule has 2 aromatic rings. The molecule has 1 aromatic heterocycles. The molecule has 0 amide bonds. The molecule has 0 atom stereocenters. The first-order valence-corrected chi connectivity index (χ1v) is 6.45. The molecule has 0 saturated heterocycles. The van der Waals surface area contributed by atoms with Crippen LogP contribution < -0.4 is 0 Å². The Morgan fingerprint density at radius 2 is 2.06 bits per heavy atom. The van der Waals surface area contributed by atoms with Gasteiger partial charge in [-0.1, -0.05) is 33.3 Å². The number of aryl methyl sites for hydroxylation is 2. The Morgan fingerprint density at radius 3 is 2.59 bits per heavy atom. The largest absolute Gasteiger partial charge is 0.287 e. The number of ketones is 1. The fourth-order valence-electron chi connectivity index (χ4n) is 1.44. The van der Waals surface area contributed by atoms with Crippen LogP contribution >= 0.6 is 31.9 Å². The summed E-state index contributed by atoms with van der Waals surface area (Å²) in [6, 6.07) is 5.49. The quantitative estimate of drug-likeness (QED) is 0.775. The third-order valence-corrected chi connectivity index (χ3v) is 3.82. The van der Waals surface area contributed by atoms with Gasteiger partial charge in [0.15, 0.2) is 4.60 Å². The Labute approximate surface area is 115 Å². The van der Waals surface area contributed by atoms with Crippen molar-refractivity contribution in [3.05, 3.63) is 44.1 Å². The van der Waals surface area contributed by atoms with Gasteiger partial charge in [-0.3, -0.25) is 4.79 Å². The van der Waals surface area contributed by atoms with E-state index >= 15 is 0 Å². The zero-order chi connectivity index (χ0) is 12.6. The lowest BCUT2D eigenvalue weighted by Gasteiger charge is -2.04. The first-order chi connectivity index (χ1) is 8.00. The van der Waals surface area contributed by atoms with Gasteiger partial charge >= 0.3 is 0 Å². The number of hydrogen-bond donors (Lipinski definition) is 0. The summed E-state index contributed by atoms with van der Waals surface area (Å²) in [6.07, 6.45) is 0. The highest BCUT2D eigenvalue weighted by atomic mass is 79.9. The van der Waals surface area contributed by atoms with Gasteiger partial charge in [-0.15, -0.1) is 5.10 Å². The Hall–Kier alpha value is -1.01. The molecule has 6 heteroatoms. The Morgan fingerprint density at radius 1 is 1.35 bits per heavy atom. The summed E-state index contributed by atoms with van der Waals surface area (Å²) in [7, 11) is 1.69. The van der Waals surface area contributed by atoms with E-state index in [4.69, 9.17) is 0 Å². The standard InChI is InChI=1S/C11H9Br2N3O/c1-6-3-4-7(5-8(6)12)10(17)9-11(13)14-15-16(9)2/h3-5H,1-2H3. The van der Waals surface area contributed by atoms with E-state index in [0.717, 1.165) is 10.0 Å². The molecule has 0 unspecified atom stereocenters. The van der Waals surface area contributed by atoms with E-state index in [1.165, 1.54) is 4.68 Å². The predicted molar refractivity (Wildman–Crippen MR) is 71.0 cm³/mol. The lowest BCUT2D eigenvalue weighted by Crippen LogP contribution is -2.09. The molecular formula is C11H9Br2N3O. The van der Waals surface area contributed by atoms with Crippen LogP contribution in [0.4, 0.5) is 0 Å². The molecule has 0 bridgehead atoms. The minimum Gasteiger partial charge on any atom is -0.287 e. The van der Waals surface area contributed by atoms with Gasteiger partial charge in [0.2, 0.25) is 5.78 Å². The molecule has 0 spiro atoms. The second-order valence-corrected chi connectivity index (χ2v) is 5.25. The van der Waals surface area contributed by atoms with Crippen molar-refractivity contribution in [2.24, 2.45) is 7.05 Å².